The maximum absolute atomic E-state index is 12.2. The summed E-state index contributed by atoms with van der Waals surface area (Å²) in [4.78, 5) is 14.9. The van der Waals surface area contributed by atoms with Crippen molar-refractivity contribution in [2.45, 2.75) is 57.6 Å². The summed E-state index contributed by atoms with van der Waals surface area (Å²) in [6.45, 7) is 4.46. The minimum Gasteiger partial charge on any atom is -0.360 e. The molecule has 0 amide bonds. The minimum absolute atomic E-state index is 0.318. The average Bonchev–Trinajstić information content (AvgIpc) is 2.29. The normalized spacial score (nSPS) is 18.2. The fourth-order valence-electron chi connectivity index (χ4n) is 2.06. The van der Waals surface area contributed by atoms with Crippen LogP contribution in [0.2, 0.25) is 0 Å². The van der Waals surface area contributed by atoms with Gasteiger partial charge in [-0.2, -0.15) is 0 Å². The molecule has 6 heteroatoms. The summed E-state index contributed by atoms with van der Waals surface area (Å²) in [5, 5.41) is -0.679. The van der Waals surface area contributed by atoms with Crippen molar-refractivity contribution in [3.63, 3.8) is 0 Å². The zero-order valence-corrected chi connectivity index (χ0v) is 12.0. The third-order valence-electron chi connectivity index (χ3n) is 3.34. The first-order valence-corrected chi connectivity index (χ1v) is 7.71. The Kier molecular flexibility index (Phi) is 4.46. The number of hydrogen-bond donors (Lipinski definition) is 0. The highest BCUT2D eigenvalue weighted by atomic mass is 32.2. The van der Waals surface area contributed by atoms with E-state index in [0.29, 0.717) is 12.8 Å². The van der Waals surface area contributed by atoms with E-state index in [1.807, 2.05) is 0 Å². The quantitative estimate of drug-likeness (QED) is 0.333. The number of nitrogens with zero attached hydrogens (tertiary/aromatic N) is 2. The van der Waals surface area contributed by atoms with Crippen molar-refractivity contribution in [2.24, 2.45) is 5.92 Å². The van der Waals surface area contributed by atoms with E-state index in [9.17, 15) is 13.2 Å². The van der Waals surface area contributed by atoms with Crippen LogP contribution in [-0.2, 0) is 14.6 Å². The Morgan fingerprint density at radius 1 is 1.17 bits per heavy atom. The standard InChI is InChI=1S/C12H20N2O3S/c1-12(2,3)18(16,17)11(14-13)10(15)9-7-5-4-6-8-9/h9H,4-8H2,1-3H3. The molecule has 102 valence electrons. The number of sulfone groups is 1. The molecule has 1 aliphatic carbocycles. The number of rotatable bonds is 2. The first-order chi connectivity index (χ1) is 8.21. The van der Waals surface area contributed by atoms with Crippen LogP contribution in [0.25, 0.3) is 5.53 Å². The highest BCUT2D eigenvalue weighted by Gasteiger charge is 2.46. The summed E-state index contributed by atoms with van der Waals surface area (Å²) < 4.78 is 23.2. The minimum atomic E-state index is -3.89. The molecule has 1 saturated carbocycles. The predicted octanol–water partition coefficient (Wildman–Crippen LogP) is 1.98. The number of Topliss-reactive ketones (excluding diaryl/α,β-unsaturated/α-hetero) is 1. The summed E-state index contributed by atoms with van der Waals surface area (Å²) in [5.41, 5.74) is 8.91. The Balaban J connectivity index is 3.06. The molecule has 0 aromatic heterocycles. The molecular formula is C12H20N2O3S. The molecule has 0 saturated heterocycles. The van der Waals surface area contributed by atoms with E-state index < -0.39 is 25.4 Å². The van der Waals surface area contributed by atoms with Gasteiger partial charge in [0.05, 0.1) is 4.75 Å². The smallest absolute Gasteiger partial charge is 0.360 e. The summed E-state index contributed by atoms with van der Waals surface area (Å²) in [6.07, 6.45) is 4.27. The van der Waals surface area contributed by atoms with Gasteiger partial charge in [0.15, 0.2) is 0 Å². The molecule has 0 radical (unpaired) electrons. The second kappa shape index (κ2) is 5.33. The van der Waals surface area contributed by atoms with E-state index in [-0.39, 0.29) is 5.92 Å². The second-order valence-corrected chi connectivity index (χ2v) is 8.34. The molecule has 0 aromatic rings. The van der Waals surface area contributed by atoms with Crippen LogP contribution in [0.4, 0.5) is 0 Å². The summed E-state index contributed by atoms with van der Waals surface area (Å²) in [5.74, 6) is -0.853. The lowest BCUT2D eigenvalue weighted by molar-refractivity contribution is -0.121. The van der Waals surface area contributed by atoms with E-state index in [4.69, 9.17) is 5.53 Å². The van der Waals surface area contributed by atoms with Crippen molar-refractivity contribution in [2.75, 3.05) is 0 Å². The SMILES string of the molecule is CC(C)(C)S(=O)(=O)C(=[N+]=[N-])C(=O)C1CCCCC1. The lowest BCUT2D eigenvalue weighted by Gasteiger charge is -2.20. The van der Waals surface area contributed by atoms with Gasteiger partial charge >= 0.3 is 5.04 Å². The molecule has 0 bridgehead atoms. The first-order valence-electron chi connectivity index (χ1n) is 6.22. The van der Waals surface area contributed by atoms with E-state index >= 15 is 0 Å². The van der Waals surface area contributed by atoms with Crippen LogP contribution in [0, 0.1) is 5.92 Å². The van der Waals surface area contributed by atoms with Crippen LogP contribution in [-0.4, -0.2) is 28.8 Å². The fourth-order valence-corrected chi connectivity index (χ4v) is 3.18. The molecular weight excluding hydrogens is 252 g/mol. The van der Waals surface area contributed by atoms with Crippen molar-refractivity contribution in [1.29, 1.82) is 0 Å². The molecule has 0 aromatic carbocycles. The summed E-state index contributed by atoms with van der Waals surface area (Å²) in [6, 6.07) is 0. The van der Waals surface area contributed by atoms with E-state index in [1.165, 1.54) is 20.8 Å². The molecule has 1 rings (SSSR count). The molecule has 0 unspecified atom stereocenters. The van der Waals surface area contributed by atoms with Crippen molar-refractivity contribution in [3.05, 3.63) is 5.53 Å². The number of ketones is 1. The molecule has 0 heterocycles. The van der Waals surface area contributed by atoms with E-state index in [0.717, 1.165) is 19.3 Å². The summed E-state index contributed by atoms with van der Waals surface area (Å²) in [7, 11) is -3.89. The van der Waals surface area contributed by atoms with Gasteiger partial charge in [-0.1, -0.05) is 19.3 Å². The Hall–Kier alpha value is -1.00. The Bertz CT molecular complexity index is 476. The van der Waals surface area contributed by atoms with Gasteiger partial charge in [0.25, 0.3) is 15.6 Å². The van der Waals surface area contributed by atoms with Gasteiger partial charge < -0.3 is 5.53 Å². The molecule has 1 aliphatic rings. The van der Waals surface area contributed by atoms with Gasteiger partial charge in [-0.15, -0.1) is 4.79 Å². The fraction of sp³-hybridized carbons (Fsp3) is 0.833. The maximum Gasteiger partial charge on any atom is 0.448 e. The number of hydrogen-bond acceptors (Lipinski definition) is 3. The van der Waals surface area contributed by atoms with E-state index in [2.05, 4.69) is 4.79 Å². The van der Waals surface area contributed by atoms with E-state index in [1.54, 1.807) is 0 Å². The molecule has 0 N–H and O–H groups in total. The van der Waals surface area contributed by atoms with Crippen LogP contribution >= 0.6 is 0 Å². The monoisotopic (exact) mass is 272 g/mol. The molecule has 0 atom stereocenters. The highest BCUT2D eigenvalue weighted by Crippen LogP contribution is 2.27. The lowest BCUT2D eigenvalue weighted by Crippen LogP contribution is -2.41. The van der Waals surface area contributed by atoms with Gasteiger partial charge in [-0.05, 0) is 33.6 Å². The third kappa shape index (κ3) is 2.87. The van der Waals surface area contributed by atoms with Crippen LogP contribution in [0.1, 0.15) is 52.9 Å². The molecule has 0 aliphatic heterocycles. The van der Waals surface area contributed by atoms with Gasteiger partial charge in [-0.25, -0.2) is 8.42 Å². The molecule has 18 heavy (non-hydrogen) atoms. The van der Waals surface area contributed by atoms with Gasteiger partial charge in [0.1, 0.15) is 0 Å². The van der Waals surface area contributed by atoms with Crippen LogP contribution in [0.5, 0.6) is 0 Å². The van der Waals surface area contributed by atoms with Gasteiger partial charge in [-0.3, -0.25) is 4.79 Å². The average molecular weight is 272 g/mol. The zero-order chi connectivity index (χ0) is 14.0. The Morgan fingerprint density at radius 3 is 2.06 bits per heavy atom. The summed E-state index contributed by atoms with van der Waals surface area (Å²) >= 11 is 0. The highest BCUT2D eigenvalue weighted by molar-refractivity contribution is 8.09. The van der Waals surface area contributed by atoms with Crippen molar-refractivity contribution < 1.29 is 18.0 Å². The Labute approximate surface area is 108 Å². The van der Waals surface area contributed by atoms with Crippen molar-refractivity contribution in [1.82, 2.24) is 0 Å². The molecule has 0 spiro atoms. The number of carbonyl (C=O) groups is 1. The van der Waals surface area contributed by atoms with Crippen LogP contribution < -0.4 is 0 Å². The third-order valence-corrected chi connectivity index (χ3v) is 5.74. The molecule has 5 nitrogen and oxygen atoms in total. The first kappa shape index (κ1) is 15.1. The van der Waals surface area contributed by atoms with Crippen molar-refractivity contribution in [3.8, 4) is 0 Å². The number of carbonyl (C=O) groups excluding carboxylic acids is 1. The van der Waals surface area contributed by atoms with Crippen molar-refractivity contribution >= 4 is 20.7 Å². The largest absolute Gasteiger partial charge is 0.448 e. The van der Waals surface area contributed by atoms with Gasteiger partial charge in [0.2, 0.25) is 0 Å². The molecule has 1 fully saturated rings. The van der Waals surface area contributed by atoms with Crippen LogP contribution in [0.15, 0.2) is 0 Å². The maximum atomic E-state index is 12.2. The zero-order valence-electron chi connectivity index (χ0n) is 11.1. The predicted molar refractivity (Wildman–Crippen MR) is 68.9 cm³/mol. The second-order valence-electron chi connectivity index (χ2n) is 5.72. The van der Waals surface area contributed by atoms with Gasteiger partial charge in [0, 0.05) is 5.92 Å². The lowest BCUT2D eigenvalue weighted by atomic mass is 9.86. The topological polar surface area (TPSA) is 87.6 Å². The Morgan fingerprint density at radius 2 is 1.67 bits per heavy atom. The van der Waals surface area contributed by atoms with Crippen LogP contribution in [0.3, 0.4) is 0 Å².